The maximum Gasteiger partial charge on any atom is 0.268 e. The largest absolute Gasteiger partial charge is 0.756 e. The number of carbonyl (C=O) groups excluding carboxylic acids is 1. The van der Waals surface area contributed by atoms with Crippen molar-refractivity contribution >= 4 is 13.7 Å². The summed E-state index contributed by atoms with van der Waals surface area (Å²) in [4.78, 5) is 25.3. The molecular weight excluding hydrogens is 744 g/mol. The quantitative estimate of drug-likeness (QED) is 0.0273. The number of hydrogen-bond acceptors (Lipinski definition) is 6. The lowest BCUT2D eigenvalue weighted by Crippen LogP contribution is -2.45. The minimum atomic E-state index is -4.58. The Morgan fingerprint density at radius 2 is 0.931 bits per heavy atom. The predicted octanol–water partition coefficient (Wildman–Crippen LogP) is 13.7. The van der Waals surface area contributed by atoms with Gasteiger partial charge in [0.25, 0.3) is 7.82 Å². The van der Waals surface area contributed by atoms with E-state index < -0.39 is 20.0 Å². The second-order valence-electron chi connectivity index (χ2n) is 18.5. The van der Waals surface area contributed by atoms with Gasteiger partial charge in [-0.05, 0) is 19.3 Å². The zero-order valence-corrected chi connectivity index (χ0v) is 40.2. The number of phosphoric ester groups is 1. The fourth-order valence-electron chi connectivity index (χ4n) is 7.51. The van der Waals surface area contributed by atoms with Gasteiger partial charge in [0.2, 0.25) is 5.91 Å². The molecule has 0 spiro atoms. The second kappa shape index (κ2) is 41.6. The molecule has 0 rings (SSSR count). The Hall–Kier alpha value is -0.760. The topological polar surface area (TPSA) is 108 Å². The Bertz CT molecular complexity index is 958. The van der Waals surface area contributed by atoms with E-state index in [9.17, 15) is 19.4 Å². The number of allylic oxidation sites excluding steroid dienone is 1. The fourth-order valence-corrected chi connectivity index (χ4v) is 8.23. The monoisotopic (exact) mass is 843 g/mol. The first-order chi connectivity index (χ1) is 28.0. The number of carbonyl (C=O) groups is 1. The Morgan fingerprint density at radius 1 is 0.586 bits per heavy atom. The van der Waals surface area contributed by atoms with Gasteiger partial charge >= 0.3 is 0 Å². The molecule has 3 atom stereocenters. The molecule has 0 aromatic rings. The van der Waals surface area contributed by atoms with Gasteiger partial charge in [-0.15, -0.1) is 0 Å². The average molecular weight is 843 g/mol. The van der Waals surface area contributed by atoms with Crippen molar-refractivity contribution in [2.24, 2.45) is 0 Å². The molecule has 0 aromatic carbocycles. The van der Waals surface area contributed by atoms with Crippen molar-refractivity contribution in [2.75, 3.05) is 40.9 Å². The number of aliphatic hydroxyl groups excluding tert-OH is 1. The van der Waals surface area contributed by atoms with Crippen LogP contribution in [0.3, 0.4) is 0 Å². The van der Waals surface area contributed by atoms with E-state index in [-0.39, 0.29) is 19.1 Å². The van der Waals surface area contributed by atoms with Gasteiger partial charge in [0.15, 0.2) is 0 Å². The van der Waals surface area contributed by atoms with E-state index in [1.165, 1.54) is 186 Å². The van der Waals surface area contributed by atoms with E-state index in [1.807, 2.05) is 27.2 Å². The molecule has 9 heteroatoms. The lowest BCUT2D eigenvalue weighted by molar-refractivity contribution is -0.870. The highest BCUT2D eigenvalue weighted by Crippen LogP contribution is 2.38. The number of rotatable bonds is 46. The van der Waals surface area contributed by atoms with Crippen LogP contribution in [0.1, 0.15) is 245 Å². The maximum atomic E-state index is 12.8. The molecule has 0 heterocycles. The molecule has 0 aliphatic rings. The number of likely N-dealkylation sites (N-methyl/N-ethyl adjacent to an activating group) is 1. The molecule has 346 valence electrons. The number of aliphatic hydroxyl groups is 1. The summed E-state index contributed by atoms with van der Waals surface area (Å²) in [7, 11) is 1.27. The fraction of sp³-hybridized carbons (Fsp3) is 0.939. The van der Waals surface area contributed by atoms with Gasteiger partial charge in [0, 0.05) is 6.42 Å². The summed E-state index contributed by atoms with van der Waals surface area (Å²) in [6, 6.07) is -0.879. The molecule has 0 saturated heterocycles. The number of nitrogens with zero attached hydrogens (tertiary/aromatic N) is 1. The molecule has 58 heavy (non-hydrogen) atoms. The van der Waals surface area contributed by atoms with Crippen molar-refractivity contribution in [1.82, 2.24) is 5.32 Å². The number of quaternary nitrogens is 1. The van der Waals surface area contributed by atoms with Gasteiger partial charge in [-0.1, -0.05) is 231 Å². The molecule has 8 nitrogen and oxygen atoms in total. The summed E-state index contributed by atoms with van der Waals surface area (Å²) in [6.07, 6.45) is 48.6. The van der Waals surface area contributed by atoms with Crippen molar-refractivity contribution in [3.05, 3.63) is 12.2 Å². The third kappa shape index (κ3) is 43.3. The van der Waals surface area contributed by atoms with Crippen molar-refractivity contribution in [1.29, 1.82) is 0 Å². The molecule has 1 amide bonds. The third-order valence-electron chi connectivity index (χ3n) is 11.5. The van der Waals surface area contributed by atoms with Crippen LogP contribution in [0, 0.1) is 0 Å². The number of phosphoric acid groups is 1. The first-order valence-corrected chi connectivity index (χ1v) is 26.5. The Morgan fingerprint density at radius 3 is 1.29 bits per heavy atom. The van der Waals surface area contributed by atoms with Crippen molar-refractivity contribution < 1.29 is 32.9 Å². The maximum absolute atomic E-state index is 12.8. The van der Waals surface area contributed by atoms with E-state index >= 15 is 0 Å². The van der Waals surface area contributed by atoms with Crippen LogP contribution in [-0.2, 0) is 18.4 Å². The standard InChI is InChI=1S/C49H99N2O6P/c1-6-8-10-12-14-16-17-18-19-20-21-22-23-24-25-26-27-28-29-30-31-32-33-35-37-39-41-43-49(53)50-47(46-57-58(54,55)56-45-44-51(3,4)5)48(52)42-40-38-36-34-15-13-11-9-7-2/h40,42,47-48,52H,6-39,41,43-46H2,1-5H3,(H-,50,53,54,55)/b42-40+. The predicted molar refractivity (Wildman–Crippen MR) is 247 cm³/mol. The molecule has 0 aromatic heterocycles. The number of amides is 1. The summed E-state index contributed by atoms with van der Waals surface area (Å²) in [5.41, 5.74) is 0. The molecule has 0 fully saturated rings. The second-order valence-corrected chi connectivity index (χ2v) is 19.9. The molecule has 0 radical (unpaired) electrons. The van der Waals surface area contributed by atoms with E-state index in [0.717, 1.165) is 38.5 Å². The van der Waals surface area contributed by atoms with Crippen LogP contribution in [0.4, 0.5) is 0 Å². The van der Waals surface area contributed by atoms with Crippen LogP contribution in [0.15, 0.2) is 12.2 Å². The zero-order valence-electron chi connectivity index (χ0n) is 39.3. The number of nitrogens with one attached hydrogen (secondary N) is 1. The molecule has 0 saturated carbocycles. The smallest absolute Gasteiger partial charge is 0.268 e. The number of hydrogen-bond donors (Lipinski definition) is 2. The highest BCUT2D eigenvalue weighted by molar-refractivity contribution is 7.45. The van der Waals surface area contributed by atoms with Crippen LogP contribution < -0.4 is 10.2 Å². The van der Waals surface area contributed by atoms with E-state index in [1.54, 1.807) is 6.08 Å². The van der Waals surface area contributed by atoms with Gasteiger partial charge in [0.1, 0.15) is 13.2 Å². The van der Waals surface area contributed by atoms with Crippen LogP contribution in [-0.4, -0.2) is 68.5 Å². The Kier molecular flexibility index (Phi) is 41.0. The van der Waals surface area contributed by atoms with Gasteiger partial charge in [-0.3, -0.25) is 9.36 Å². The highest BCUT2D eigenvalue weighted by Gasteiger charge is 2.23. The van der Waals surface area contributed by atoms with E-state index in [4.69, 9.17) is 9.05 Å². The lowest BCUT2D eigenvalue weighted by atomic mass is 10.0. The first kappa shape index (κ1) is 57.2. The summed E-state index contributed by atoms with van der Waals surface area (Å²) in [5.74, 6) is -0.195. The first-order valence-electron chi connectivity index (χ1n) is 25.1. The van der Waals surface area contributed by atoms with E-state index in [2.05, 4.69) is 19.2 Å². The SMILES string of the molecule is CCCCCCCCC/C=C/C(O)C(COP(=O)([O-])OCC[N+](C)(C)C)NC(=O)CCCCCCCCCCCCCCCCCCCCCCCCCCCCC. The molecule has 0 aliphatic carbocycles. The average Bonchev–Trinajstić information content (AvgIpc) is 3.17. The minimum Gasteiger partial charge on any atom is -0.756 e. The van der Waals surface area contributed by atoms with Crippen molar-refractivity contribution in [3.63, 3.8) is 0 Å². The number of unbranched alkanes of at least 4 members (excludes halogenated alkanes) is 33. The summed E-state index contributed by atoms with van der Waals surface area (Å²) in [6.45, 7) is 4.64. The van der Waals surface area contributed by atoms with Crippen molar-refractivity contribution in [2.45, 2.75) is 257 Å². The zero-order chi connectivity index (χ0) is 42.8. The molecule has 3 unspecified atom stereocenters. The summed E-state index contributed by atoms with van der Waals surface area (Å²) in [5, 5.41) is 13.7. The van der Waals surface area contributed by atoms with Gasteiger partial charge < -0.3 is 28.8 Å². The molecule has 2 N–H and O–H groups in total. The summed E-state index contributed by atoms with van der Waals surface area (Å²) < 4.78 is 23.2. The highest BCUT2D eigenvalue weighted by atomic mass is 31.2. The van der Waals surface area contributed by atoms with Gasteiger partial charge in [-0.25, -0.2) is 0 Å². The normalized spacial score (nSPS) is 14.3. The van der Waals surface area contributed by atoms with Crippen LogP contribution in [0.25, 0.3) is 0 Å². The molecule has 0 bridgehead atoms. The van der Waals surface area contributed by atoms with Crippen LogP contribution in [0.2, 0.25) is 0 Å². The molecule has 0 aliphatic heterocycles. The Balaban J connectivity index is 4.02. The summed E-state index contributed by atoms with van der Waals surface area (Å²) >= 11 is 0. The molecular formula is C49H99N2O6P. The Labute approximate surface area is 361 Å². The van der Waals surface area contributed by atoms with E-state index in [0.29, 0.717) is 17.4 Å². The minimum absolute atomic E-state index is 0.00182. The van der Waals surface area contributed by atoms with Crippen molar-refractivity contribution in [3.8, 4) is 0 Å². The lowest BCUT2D eigenvalue weighted by Gasteiger charge is -2.29. The van der Waals surface area contributed by atoms with Gasteiger partial charge in [-0.2, -0.15) is 0 Å². The van der Waals surface area contributed by atoms with Crippen LogP contribution >= 0.6 is 7.82 Å². The van der Waals surface area contributed by atoms with Crippen LogP contribution in [0.5, 0.6) is 0 Å². The third-order valence-corrected chi connectivity index (χ3v) is 12.5. The van der Waals surface area contributed by atoms with Gasteiger partial charge in [0.05, 0.1) is 39.9 Å².